The summed E-state index contributed by atoms with van der Waals surface area (Å²) in [7, 11) is 0. The number of amides is 2. The van der Waals surface area contributed by atoms with E-state index in [-0.39, 0.29) is 23.9 Å². The van der Waals surface area contributed by atoms with Crippen molar-refractivity contribution < 1.29 is 9.59 Å². The van der Waals surface area contributed by atoms with Gasteiger partial charge in [-0.25, -0.2) is 0 Å². The molecule has 0 aromatic heterocycles. The molecule has 3 unspecified atom stereocenters. The molecular weight excluding hydrogens is 292 g/mol. The lowest BCUT2D eigenvalue weighted by Crippen LogP contribution is -2.65. The third kappa shape index (κ3) is 2.69. The molecule has 0 saturated carbocycles. The Morgan fingerprint density at radius 1 is 1.20 bits per heavy atom. The Morgan fingerprint density at radius 3 is 2.80 bits per heavy atom. The van der Waals surface area contributed by atoms with E-state index in [4.69, 9.17) is 0 Å². The van der Waals surface area contributed by atoms with Gasteiger partial charge in [-0.1, -0.05) is 0 Å². The Kier molecular flexibility index (Phi) is 4.50. The highest BCUT2D eigenvalue weighted by molar-refractivity contribution is 8.06. The minimum Gasteiger partial charge on any atom is -0.329 e. The molecule has 4 nitrogen and oxygen atoms in total. The number of fused-ring (bicyclic) bond motifs is 1. The molecule has 112 valence electrons. The zero-order valence-corrected chi connectivity index (χ0v) is 13.5. The van der Waals surface area contributed by atoms with E-state index in [1.54, 1.807) is 0 Å². The second-order valence-electron chi connectivity index (χ2n) is 5.78. The zero-order valence-electron chi connectivity index (χ0n) is 11.9. The fraction of sp³-hybridized carbons (Fsp3) is 0.857. The number of hydrogen-bond donors (Lipinski definition) is 0. The molecule has 3 atom stereocenters. The van der Waals surface area contributed by atoms with Crippen LogP contribution in [0.2, 0.25) is 0 Å². The van der Waals surface area contributed by atoms with E-state index >= 15 is 0 Å². The third-order valence-corrected chi connectivity index (χ3v) is 7.29. The van der Waals surface area contributed by atoms with Crippen molar-refractivity contribution in [3.8, 4) is 0 Å². The summed E-state index contributed by atoms with van der Waals surface area (Å²) in [5, 5.41) is 0.489. The van der Waals surface area contributed by atoms with E-state index in [0.29, 0.717) is 5.25 Å². The first kappa shape index (κ1) is 14.6. The first-order valence-corrected chi connectivity index (χ1v) is 9.69. The lowest BCUT2D eigenvalue weighted by Gasteiger charge is -2.47. The van der Waals surface area contributed by atoms with Crippen LogP contribution in [-0.2, 0) is 9.59 Å². The lowest BCUT2D eigenvalue weighted by atomic mass is 9.95. The van der Waals surface area contributed by atoms with Gasteiger partial charge in [-0.3, -0.25) is 9.59 Å². The second kappa shape index (κ2) is 6.18. The summed E-state index contributed by atoms with van der Waals surface area (Å²) >= 11 is 3.92. The molecule has 2 amide bonds. The van der Waals surface area contributed by atoms with Crippen LogP contribution < -0.4 is 0 Å². The number of piperazine rings is 1. The monoisotopic (exact) mass is 314 g/mol. The number of thioether (sulfide) groups is 2. The molecular formula is C14H22N2O2S2. The van der Waals surface area contributed by atoms with Gasteiger partial charge in [-0.05, 0) is 26.2 Å². The van der Waals surface area contributed by atoms with Crippen molar-refractivity contribution in [1.29, 1.82) is 0 Å². The van der Waals surface area contributed by atoms with Gasteiger partial charge in [-0.2, -0.15) is 23.5 Å². The van der Waals surface area contributed by atoms with Crippen LogP contribution >= 0.6 is 23.5 Å². The van der Waals surface area contributed by atoms with Crippen LogP contribution in [0.1, 0.15) is 26.2 Å². The minimum atomic E-state index is -0.274. The summed E-state index contributed by atoms with van der Waals surface area (Å²) in [5.74, 6) is 3.81. The van der Waals surface area contributed by atoms with E-state index in [0.717, 1.165) is 43.9 Å². The maximum atomic E-state index is 12.7. The molecule has 6 heteroatoms. The lowest BCUT2D eigenvalue weighted by molar-refractivity contribution is -0.162. The highest BCUT2D eigenvalue weighted by Gasteiger charge is 2.45. The van der Waals surface area contributed by atoms with Crippen LogP contribution in [0, 0.1) is 0 Å². The minimum absolute atomic E-state index is 0.155. The number of carbonyl (C=O) groups is 2. The predicted molar refractivity (Wildman–Crippen MR) is 84.1 cm³/mol. The number of piperidine rings is 1. The molecule has 20 heavy (non-hydrogen) atoms. The first-order valence-electron chi connectivity index (χ1n) is 7.49. The zero-order chi connectivity index (χ0) is 14.1. The van der Waals surface area contributed by atoms with Crippen molar-refractivity contribution in [3.05, 3.63) is 0 Å². The van der Waals surface area contributed by atoms with E-state index in [9.17, 15) is 9.59 Å². The Morgan fingerprint density at radius 2 is 2.05 bits per heavy atom. The predicted octanol–water partition coefficient (Wildman–Crippen LogP) is 1.45. The average molecular weight is 314 g/mol. The van der Waals surface area contributed by atoms with Crippen LogP contribution in [0.3, 0.4) is 0 Å². The topological polar surface area (TPSA) is 40.6 Å². The van der Waals surface area contributed by atoms with Crippen molar-refractivity contribution >= 4 is 35.3 Å². The quantitative estimate of drug-likeness (QED) is 0.773. The van der Waals surface area contributed by atoms with Crippen molar-refractivity contribution in [2.24, 2.45) is 0 Å². The molecule has 0 N–H and O–H groups in total. The molecule has 3 aliphatic heterocycles. The fourth-order valence-corrected chi connectivity index (χ4v) is 5.98. The van der Waals surface area contributed by atoms with E-state index in [1.807, 2.05) is 40.2 Å². The fourth-order valence-electron chi connectivity index (χ4n) is 3.32. The van der Waals surface area contributed by atoms with E-state index < -0.39 is 0 Å². The van der Waals surface area contributed by atoms with Crippen molar-refractivity contribution in [1.82, 2.24) is 9.80 Å². The highest BCUT2D eigenvalue weighted by Crippen LogP contribution is 2.30. The van der Waals surface area contributed by atoms with Gasteiger partial charge in [0.25, 0.3) is 0 Å². The third-order valence-electron chi connectivity index (χ3n) is 4.46. The standard InChI is InChI=1S/C14H22N2O2S2/c1-10-13(17)15-5-3-2-4-12(15)14(18)16(10)8-11-9-19-6-7-20-11/h10-12H,2-9H2,1H3. The van der Waals surface area contributed by atoms with Gasteiger partial charge >= 0.3 is 0 Å². The average Bonchev–Trinajstić information content (AvgIpc) is 2.50. The van der Waals surface area contributed by atoms with Gasteiger partial charge in [0.05, 0.1) is 0 Å². The SMILES string of the molecule is CC1C(=O)N2CCCCC2C(=O)N1CC1CSCCS1. The van der Waals surface area contributed by atoms with Gasteiger partial charge in [-0.15, -0.1) is 0 Å². The van der Waals surface area contributed by atoms with Crippen molar-refractivity contribution in [2.75, 3.05) is 30.3 Å². The van der Waals surface area contributed by atoms with Gasteiger partial charge in [0.1, 0.15) is 12.1 Å². The second-order valence-corrected chi connectivity index (χ2v) is 8.34. The van der Waals surface area contributed by atoms with E-state index in [2.05, 4.69) is 0 Å². The van der Waals surface area contributed by atoms with Crippen LogP contribution in [0.5, 0.6) is 0 Å². The van der Waals surface area contributed by atoms with Gasteiger partial charge < -0.3 is 9.80 Å². The number of hydrogen-bond acceptors (Lipinski definition) is 4. The summed E-state index contributed by atoms with van der Waals surface area (Å²) in [6.45, 7) is 3.40. The van der Waals surface area contributed by atoms with Crippen LogP contribution in [0.4, 0.5) is 0 Å². The largest absolute Gasteiger partial charge is 0.329 e. The molecule has 3 heterocycles. The Hall–Kier alpha value is -0.360. The summed E-state index contributed by atoms with van der Waals surface area (Å²) in [4.78, 5) is 28.9. The number of nitrogens with zero attached hydrogens (tertiary/aromatic N) is 2. The summed E-state index contributed by atoms with van der Waals surface area (Å²) in [6, 6.07) is -0.446. The summed E-state index contributed by atoms with van der Waals surface area (Å²) in [6.07, 6.45) is 2.95. The molecule has 0 aliphatic carbocycles. The van der Waals surface area contributed by atoms with Crippen molar-refractivity contribution in [3.63, 3.8) is 0 Å². The molecule has 3 rings (SSSR count). The first-order chi connectivity index (χ1) is 9.68. The molecule has 0 aromatic carbocycles. The Labute approximate surface area is 129 Å². The summed E-state index contributed by atoms with van der Waals surface area (Å²) in [5.41, 5.74) is 0. The molecule has 3 aliphatic rings. The molecule has 0 spiro atoms. The smallest absolute Gasteiger partial charge is 0.246 e. The van der Waals surface area contributed by atoms with Gasteiger partial charge in [0, 0.05) is 35.6 Å². The van der Waals surface area contributed by atoms with Crippen LogP contribution in [0.25, 0.3) is 0 Å². The summed E-state index contributed by atoms with van der Waals surface area (Å²) < 4.78 is 0. The van der Waals surface area contributed by atoms with Crippen molar-refractivity contribution in [2.45, 2.75) is 43.5 Å². The normalized spacial score (nSPS) is 35.1. The molecule has 0 radical (unpaired) electrons. The molecule has 0 aromatic rings. The maximum Gasteiger partial charge on any atom is 0.246 e. The van der Waals surface area contributed by atoms with Gasteiger partial charge in [0.2, 0.25) is 11.8 Å². The highest BCUT2D eigenvalue weighted by atomic mass is 32.2. The Balaban J connectivity index is 1.72. The maximum absolute atomic E-state index is 12.7. The van der Waals surface area contributed by atoms with Gasteiger partial charge in [0.15, 0.2) is 0 Å². The molecule has 3 fully saturated rings. The number of carbonyl (C=O) groups excluding carboxylic acids is 2. The number of rotatable bonds is 2. The molecule has 0 bridgehead atoms. The molecule has 3 saturated heterocycles. The Bertz CT molecular complexity index is 399. The van der Waals surface area contributed by atoms with E-state index in [1.165, 1.54) is 5.75 Å². The van der Waals surface area contributed by atoms with Crippen LogP contribution in [-0.4, -0.2) is 69.3 Å². The van der Waals surface area contributed by atoms with Crippen LogP contribution in [0.15, 0.2) is 0 Å².